The maximum Gasteiger partial charge on any atom is 0.410 e. The summed E-state index contributed by atoms with van der Waals surface area (Å²) in [5.41, 5.74) is 3.85. The van der Waals surface area contributed by atoms with Crippen molar-refractivity contribution in [1.82, 2.24) is 14.8 Å². The molecular formula is C30H31BrN4O4. The van der Waals surface area contributed by atoms with Crippen LogP contribution in [0.3, 0.4) is 0 Å². The summed E-state index contributed by atoms with van der Waals surface area (Å²) in [6.45, 7) is 9.00. The summed E-state index contributed by atoms with van der Waals surface area (Å²) in [5.74, 6) is 0.225. The number of para-hydroxylation sites is 2. The van der Waals surface area contributed by atoms with E-state index >= 15 is 0 Å². The maximum absolute atomic E-state index is 12.9. The van der Waals surface area contributed by atoms with Crippen molar-refractivity contribution in [2.75, 3.05) is 31.5 Å². The van der Waals surface area contributed by atoms with E-state index in [4.69, 9.17) is 14.1 Å². The predicted molar refractivity (Wildman–Crippen MR) is 155 cm³/mol. The van der Waals surface area contributed by atoms with Gasteiger partial charge in [0.2, 0.25) is 5.89 Å². The number of nitrogens with zero attached hydrogens (tertiary/aromatic N) is 3. The molecule has 4 aromatic rings. The van der Waals surface area contributed by atoms with Crippen molar-refractivity contribution >= 4 is 44.7 Å². The van der Waals surface area contributed by atoms with E-state index in [0.29, 0.717) is 42.3 Å². The molecule has 2 heterocycles. The third-order valence-corrected chi connectivity index (χ3v) is 6.90. The maximum atomic E-state index is 12.9. The van der Waals surface area contributed by atoms with E-state index < -0.39 is 5.60 Å². The second-order valence-corrected chi connectivity index (χ2v) is 11.5. The van der Waals surface area contributed by atoms with Crippen LogP contribution in [0.1, 0.15) is 36.7 Å². The Labute approximate surface area is 236 Å². The van der Waals surface area contributed by atoms with Gasteiger partial charge in [0.1, 0.15) is 11.1 Å². The summed E-state index contributed by atoms with van der Waals surface area (Å²) in [5, 5.41) is 2.99. The highest BCUT2D eigenvalue weighted by Gasteiger charge is 2.26. The van der Waals surface area contributed by atoms with E-state index in [1.807, 2.05) is 75.4 Å². The molecule has 202 valence electrons. The van der Waals surface area contributed by atoms with Gasteiger partial charge in [-0.1, -0.05) is 46.3 Å². The second kappa shape index (κ2) is 11.2. The molecular weight excluding hydrogens is 560 g/mol. The summed E-state index contributed by atoms with van der Waals surface area (Å²) in [7, 11) is 0. The van der Waals surface area contributed by atoms with Crippen molar-refractivity contribution < 1.29 is 18.7 Å². The Morgan fingerprint density at radius 1 is 1.00 bits per heavy atom. The van der Waals surface area contributed by atoms with Crippen LogP contribution in [-0.4, -0.2) is 58.6 Å². The lowest BCUT2D eigenvalue weighted by Gasteiger charge is -2.35. The number of anilines is 1. The fraction of sp³-hybridized carbons (Fsp3) is 0.300. The van der Waals surface area contributed by atoms with Crippen LogP contribution >= 0.6 is 15.9 Å². The first-order valence-electron chi connectivity index (χ1n) is 12.9. The number of nitrogens with one attached hydrogen (secondary N) is 1. The SMILES string of the molecule is CC(C)(C)OC(=O)N1CCN(Cc2cccc3nc(-c4ccccc4NC(=O)c4cccc(Br)c4)oc23)CC1. The van der Waals surface area contributed by atoms with E-state index in [1.54, 1.807) is 17.0 Å². The van der Waals surface area contributed by atoms with E-state index in [-0.39, 0.29) is 12.0 Å². The number of carbonyl (C=O) groups is 2. The van der Waals surface area contributed by atoms with Gasteiger partial charge in [0.05, 0.1) is 11.3 Å². The van der Waals surface area contributed by atoms with Crippen LogP contribution in [0.15, 0.2) is 75.6 Å². The molecule has 5 rings (SSSR count). The molecule has 3 aromatic carbocycles. The third-order valence-electron chi connectivity index (χ3n) is 6.41. The van der Waals surface area contributed by atoms with Crippen molar-refractivity contribution in [1.29, 1.82) is 0 Å². The Morgan fingerprint density at radius 2 is 1.74 bits per heavy atom. The molecule has 0 bridgehead atoms. The number of ether oxygens (including phenoxy) is 1. The molecule has 1 fully saturated rings. The highest BCUT2D eigenvalue weighted by molar-refractivity contribution is 9.10. The number of carbonyl (C=O) groups excluding carboxylic acids is 2. The monoisotopic (exact) mass is 590 g/mol. The zero-order valence-corrected chi connectivity index (χ0v) is 23.8. The van der Waals surface area contributed by atoms with Crippen molar-refractivity contribution in [3.8, 4) is 11.5 Å². The highest BCUT2D eigenvalue weighted by Crippen LogP contribution is 2.32. The average molecular weight is 592 g/mol. The van der Waals surface area contributed by atoms with Crippen LogP contribution in [0.2, 0.25) is 0 Å². The highest BCUT2D eigenvalue weighted by atomic mass is 79.9. The Bertz CT molecular complexity index is 1500. The molecule has 1 aliphatic rings. The minimum atomic E-state index is -0.506. The number of amides is 2. The van der Waals surface area contributed by atoms with E-state index in [1.165, 1.54) is 0 Å². The number of aromatic nitrogens is 1. The first-order valence-corrected chi connectivity index (χ1v) is 13.7. The quantitative estimate of drug-likeness (QED) is 0.283. The van der Waals surface area contributed by atoms with Crippen LogP contribution < -0.4 is 5.32 Å². The number of hydrogen-bond acceptors (Lipinski definition) is 6. The lowest BCUT2D eigenvalue weighted by Crippen LogP contribution is -2.49. The van der Waals surface area contributed by atoms with Gasteiger partial charge in [-0.15, -0.1) is 0 Å². The lowest BCUT2D eigenvalue weighted by atomic mass is 10.1. The molecule has 0 spiro atoms. The predicted octanol–water partition coefficient (Wildman–Crippen LogP) is 6.56. The fourth-order valence-electron chi connectivity index (χ4n) is 4.50. The van der Waals surface area contributed by atoms with Gasteiger partial charge in [-0.25, -0.2) is 9.78 Å². The molecule has 8 nitrogen and oxygen atoms in total. The lowest BCUT2D eigenvalue weighted by molar-refractivity contribution is 0.0139. The standard InChI is InChI=1S/C30H31BrN4O4/c1-30(2,3)39-29(37)35-16-14-34(15-17-35)19-21-9-7-13-25-26(21)38-28(33-25)23-11-4-5-12-24(23)32-27(36)20-8-6-10-22(31)18-20/h4-13,18H,14-17,19H2,1-3H3,(H,32,36). The molecule has 1 aromatic heterocycles. The number of hydrogen-bond donors (Lipinski definition) is 1. The number of fused-ring (bicyclic) bond motifs is 1. The topological polar surface area (TPSA) is 87.9 Å². The molecule has 0 aliphatic carbocycles. The minimum Gasteiger partial charge on any atom is -0.444 e. The first-order chi connectivity index (χ1) is 18.7. The van der Waals surface area contributed by atoms with Crippen LogP contribution in [0.4, 0.5) is 10.5 Å². The Hall–Kier alpha value is -3.69. The van der Waals surface area contributed by atoms with Crippen LogP contribution in [-0.2, 0) is 11.3 Å². The van der Waals surface area contributed by atoms with Crippen molar-refractivity contribution in [2.45, 2.75) is 32.9 Å². The molecule has 0 atom stereocenters. The van der Waals surface area contributed by atoms with Gasteiger partial charge in [0.15, 0.2) is 5.58 Å². The van der Waals surface area contributed by atoms with Gasteiger partial charge >= 0.3 is 6.09 Å². The zero-order chi connectivity index (χ0) is 27.6. The Kier molecular flexibility index (Phi) is 7.72. The largest absolute Gasteiger partial charge is 0.444 e. The smallest absolute Gasteiger partial charge is 0.410 e. The van der Waals surface area contributed by atoms with Crippen LogP contribution in [0.5, 0.6) is 0 Å². The second-order valence-electron chi connectivity index (χ2n) is 10.5. The van der Waals surface area contributed by atoms with Gasteiger partial charge in [-0.3, -0.25) is 9.69 Å². The molecule has 1 saturated heterocycles. The minimum absolute atomic E-state index is 0.217. The molecule has 0 saturated carbocycles. The zero-order valence-electron chi connectivity index (χ0n) is 22.2. The summed E-state index contributed by atoms with van der Waals surface area (Å²) in [6, 6.07) is 20.7. The van der Waals surface area contributed by atoms with Gasteiger partial charge < -0.3 is 19.4 Å². The van der Waals surface area contributed by atoms with Gasteiger partial charge in [-0.2, -0.15) is 0 Å². The van der Waals surface area contributed by atoms with Gasteiger partial charge in [0, 0.05) is 48.3 Å². The molecule has 0 radical (unpaired) electrons. The van der Waals surface area contributed by atoms with E-state index in [0.717, 1.165) is 34.2 Å². The van der Waals surface area contributed by atoms with Gasteiger partial charge in [0.25, 0.3) is 5.91 Å². The number of rotatable bonds is 5. The molecule has 39 heavy (non-hydrogen) atoms. The third kappa shape index (κ3) is 6.49. The summed E-state index contributed by atoms with van der Waals surface area (Å²) in [6.07, 6.45) is -0.269. The normalized spacial score (nSPS) is 14.4. The van der Waals surface area contributed by atoms with Crippen molar-refractivity contribution in [3.63, 3.8) is 0 Å². The number of piperazine rings is 1. The number of halogens is 1. The molecule has 9 heteroatoms. The first kappa shape index (κ1) is 26.9. The average Bonchev–Trinajstić information content (AvgIpc) is 3.34. The molecule has 0 unspecified atom stereocenters. The molecule has 1 N–H and O–H groups in total. The summed E-state index contributed by atoms with van der Waals surface area (Å²) < 4.78 is 12.7. The van der Waals surface area contributed by atoms with Crippen molar-refractivity contribution in [2.24, 2.45) is 0 Å². The fourth-order valence-corrected chi connectivity index (χ4v) is 4.90. The van der Waals surface area contributed by atoms with Crippen LogP contribution in [0.25, 0.3) is 22.6 Å². The Balaban J connectivity index is 1.32. The Morgan fingerprint density at radius 3 is 2.49 bits per heavy atom. The molecule has 2 amide bonds. The van der Waals surface area contributed by atoms with Gasteiger partial charge in [-0.05, 0) is 57.2 Å². The summed E-state index contributed by atoms with van der Waals surface area (Å²) in [4.78, 5) is 34.1. The van der Waals surface area contributed by atoms with E-state index in [9.17, 15) is 9.59 Å². The molecule has 1 aliphatic heterocycles. The summed E-state index contributed by atoms with van der Waals surface area (Å²) >= 11 is 3.42. The van der Waals surface area contributed by atoms with Crippen LogP contribution in [0, 0.1) is 0 Å². The van der Waals surface area contributed by atoms with Crippen molar-refractivity contribution in [3.05, 3.63) is 82.3 Å². The number of oxazole rings is 1. The van der Waals surface area contributed by atoms with E-state index in [2.05, 4.69) is 26.1 Å². The number of benzene rings is 3.